The molecule has 2 aromatic carbocycles. The van der Waals surface area contributed by atoms with E-state index in [0.29, 0.717) is 18.1 Å². The van der Waals surface area contributed by atoms with Crippen molar-refractivity contribution in [3.8, 4) is 11.5 Å². The van der Waals surface area contributed by atoms with Crippen LogP contribution in [0.4, 0.5) is 4.39 Å². The minimum atomic E-state index is -0.270. The minimum Gasteiger partial charge on any atom is -0.457 e. The summed E-state index contributed by atoms with van der Waals surface area (Å²) in [6.45, 7) is 6.17. The van der Waals surface area contributed by atoms with E-state index in [9.17, 15) is 4.39 Å². The average molecular weight is 287 g/mol. The lowest BCUT2D eigenvalue weighted by atomic mass is 10.0. The first-order valence-corrected chi connectivity index (χ1v) is 7.27. The Hall–Kier alpha value is -1.87. The van der Waals surface area contributed by atoms with E-state index in [4.69, 9.17) is 10.5 Å². The number of ether oxygens (including phenoxy) is 1. The van der Waals surface area contributed by atoms with Gasteiger partial charge in [-0.15, -0.1) is 0 Å². The Morgan fingerprint density at radius 2 is 1.86 bits per heavy atom. The first kappa shape index (κ1) is 15.5. The Morgan fingerprint density at radius 3 is 2.52 bits per heavy atom. The summed E-state index contributed by atoms with van der Waals surface area (Å²) in [6.07, 6.45) is 0.580. The molecule has 1 unspecified atom stereocenters. The van der Waals surface area contributed by atoms with E-state index in [1.165, 1.54) is 17.7 Å². The molecule has 3 heteroatoms. The highest BCUT2D eigenvalue weighted by atomic mass is 19.1. The minimum absolute atomic E-state index is 0.0452. The van der Waals surface area contributed by atoms with Gasteiger partial charge in [-0.05, 0) is 60.7 Å². The summed E-state index contributed by atoms with van der Waals surface area (Å²) in [5, 5.41) is 0. The van der Waals surface area contributed by atoms with Crippen LogP contribution in [0.15, 0.2) is 42.5 Å². The topological polar surface area (TPSA) is 35.2 Å². The molecule has 2 N–H and O–H groups in total. The molecule has 0 bridgehead atoms. The van der Waals surface area contributed by atoms with Gasteiger partial charge in [-0.25, -0.2) is 4.39 Å². The average Bonchev–Trinajstić information content (AvgIpc) is 2.41. The Kier molecular flexibility index (Phi) is 4.97. The predicted molar refractivity (Wildman–Crippen MR) is 84.4 cm³/mol. The van der Waals surface area contributed by atoms with Gasteiger partial charge in [0.15, 0.2) is 0 Å². The molecule has 0 amide bonds. The summed E-state index contributed by atoms with van der Waals surface area (Å²) in [5.74, 6) is 1.59. The second-order valence-electron chi connectivity index (χ2n) is 5.76. The number of hydrogen-bond donors (Lipinski definition) is 1. The van der Waals surface area contributed by atoms with Crippen molar-refractivity contribution in [2.24, 2.45) is 5.73 Å². The number of nitrogens with two attached hydrogens (primary N) is 1. The number of hydrogen-bond acceptors (Lipinski definition) is 2. The van der Waals surface area contributed by atoms with Crippen molar-refractivity contribution < 1.29 is 9.13 Å². The Balaban J connectivity index is 2.28. The van der Waals surface area contributed by atoms with Crippen LogP contribution in [0, 0.1) is 5.82 Å². The Bertz CT molecular complexity index is 608. The van der Waals surface area contributed by atoms with Gasteiger partial charge >= 0.3 is 0 Å². The highest BCUT2D eigenvalue weighted by Gasteiger charge is 2.10. The fourth-order valence-electron chi connectivity index (χ4n) is 2.22. The van der Waals surface area contributed by atoms with E-state index in [1.807, 2.05) is 25.1 Å². The van der Waals surface area contributed by atoms with Crippen LogP contribution >= 0.6 is 0 Å². The number of halogens is 1. The van der Waals surface area contributed by atoms with Crippen LogP contribution in [-0.4, -0.2) is 6.04 Å². The highest BCUT2D eigenvalue weighted by molar-refractivity contribution is 5.40. The molecule has 21 heavy (non-hydrogen) atoms. The maximum Gasteiger partial charge on any atom is 0.130 e. The standard InChI is InChI=1S/C18H22FNO/c1-12(2)14-5-4-6-17(11-14)21-18-8-7-16(19)10-15(18)9-13(3)20/h4-8,10-13H,9,20H2,1-3H3. The molecule has 0 aliphatic heterocycles. The molecule has 0 aliphatic carbocycles. The van der Waals surface area contributed by atoms with Crippen molar-refractivity contribution in [1.29, 1.82) is 0 Å². The molecule has 0 aromatic heterocycles. The van der Waals surface area contributed by atoms with Gasteiger partial charge in [0.2, 0.25) is 0 Å². The number of rotatable bonds is 5. The summed E-state index contributed by atoms with van der Waals surface area (Å²) in [4.78, 5) is 0. The molecular formula is C18H22FNO. The van der Waals surface area contributed by atoms with Crippen molar-refractivity contribution in [3.63, 3.8) is 0 Å². The van der Waals surface area contributed by atoms with Crippen molar-refractivity contribution in [1.82, 2.24) is 0 Å². The molecular weight excluding hydrogens is 265 g/mol. The molecule has 0 saturated heterocycles. The molecule has 0 radical (unpaired) electrons. The molecule has 2 rings (SSSR count). The van der Waals surface area contributed by atoms with Crippen LogP contribution in [0.2, 0.25) is 0 Å². The highest BCUT2D eigenvalue weighted by Crippen LogP contribution is 2.29. The summed E-state index contributed by atoms with van der Waals surface area (Å²) in [6, 6.07) is 12.5. The zero-order valence-electron chi connectivity index (χ0n) is 12.8. The van der Waals surface area contributed by atoms with Crippen molar-refractivity contribution in [3.05, 3.63) is 59.4 Å². The van der Waals surface area contributed by atoms with Gasteiger partial charge < -0.3 is 10.5 Å². The van der Waals surface area contributed by atoms with Gasteiger partial charge in [-0.1, -0.05) is 26.0 Å². The maximum absolute atomic E-state index is 13.4. The monoisotopic (exact) mass is 287 g/mol. The lowest BCUT2D eigenvalue weighted by Crippen LogP contribution is -2.18. The molecule has 0 aliphatic rings. The van der Waals surface area contributed by atoms with Gasteiger partial charge in [0.05, 0.1) is 0 Å². The SMILES string of the molecule is CC(N)Cc1cc(F)ccc1Oc1cccc(C(C)C)c1. The van der Waals surface area contributed by atoms with Crippen LogP contribution < -0.4 is 10.5 Å². The van der Waals surface area contributed by atoms with E-state index in [1.54, 1.807) is 6.07 Å². The summed E-state index contributed by atoms with van der Waals surface area (Å²) >= 11 is 0. The Labute approximate surface area is 125 Å². The van der Waals surface area contributed by atoms with Gasteiger partial charge in [0.25, 0.3) is 0 Å². The van der Waals surface area contributed by atoms with Gasteiger partial charge in [-0.2, -0.15) is 0 Å². The van der Waals surface area contributed by atoms with Crippen LogP contribution in [0.25, 0.3) is 0 Å². The molecule has 0 fully saturated rings. The van der Waals surface area contributed by atoms with Crippen LogP contribution in [0.5, 0.6) is 11.5 Å². The molecule has 2 aromatic rings. The maximum atomic E-state index is 13.4. The van der Waals surface area contributed by atoms with Crippen LogP contribution in [-0.2, 0) is 6.42 Å². The third-order valence-corrected chi connectivity index (χ3v) is 3.32. The first-order valence-electron chi connectivity index (χ1n) is 7.27. The van der Waals surface area contributed by atoms with Crippen molar-refractivity contribution in [2.45, 2.75) is 39.2 Å². The zero-order chi connectivity index (χ0) is 15.4. The smallest absolute Gasteiger partial charge is 0.130 e. The van der Waals surface area contributed by atoms with Crippen molar-refractivity contribution in [2.75, 3.05) is 0 Å². The largest absolute Gasteiger partial charge is 0.457 e. The fraction of sp³-hybridized carbons (Fsp3) is 0.333. The lowest BCUT2D eigenvalue weighted by Gasteiger charge is -2.14. The third kappa shape index (κ3) is 4.30. The quantitative estimate of drug-likeness (QED) is 0.870. The van der Waals surface area contributed by atoms with E-state index in [2.05, 4.69) is 19.9 Å². The normalized spacial score (nSPS) is 12.5. The molecule has 2 nitrogen and oxygen atoms in total. The van der Waals surface area contributed by atoms with Crippen LogP contribution in [0.3, 0.4) is 0 Å². The molecule has 1 atom stereocenters. The van der Waals surface area contributed by atoms with Gasteiger partial charge in [0.1, 0.15) is 17.3 Å². The summed E-state index contributed by atoms with van der Waals surface area (Å²) in [5.41, 5.74) is 7.83. The molecule has 0 heterocycles. The third-order valence-electron chi connectivity index (χ3n) is 3.32. The fourth-order valence-corrected chi connectivity index (χ4v) is 2.22. The molecule has 0 spiro atoms. The predicted octanol–water partition coefficient (Wildman–Crippen LogP) is 4.63. The lowest BCUT2D eigenvalue weighted by molar-refractivity contribution is 0.470. The van der Waals surface area contributed by atoms with E-state index < -0.39 is 0 Å². The number of benzene rings is 2. The summed E-state index contributed by atoms with van der Waals surface area (Å²) in [7, 11) is 0. The first-order chi connectivity index (χ1) is 9.95. The van der Waals surface area contributed by atoms with Gasteiger partial charge in [-0.3, -0.25) is 0 Å². The van der Waals surface area contributed by atoms with Gasteiger partial charge in [0, 0.05) is 6.04 Å². The Morgan fingerprint density at radius 1 is 1.10 bits per heavy atom. The second kappa shape index (κ2) is 6.72. The second-order valence-corrected chi connectivity index (χ2v) is 5.76. The van der Waals surface area contributed by atoms with E-state index >= 15 is 0 Å². The molecule has 112 valence electrons. The summed E-state index contributed by atoms with van der Waals surface area (Å²) < 4.78 is 19.3. The van der Waals surface area contributed by atoms with E-state index in [-0.39, 0.29) is 11.9 Å². The van der Waals surface area contributed by atoms with Crippen molar-refractivity contribution >= 4 is 0 Å². The van der Waals surface area contributed by atoms with E-state index in [0.717, 1.165) is 11.3 Å². The molecule has 0 saturated carbocycles. The van der Waals surface area contributed by atoms with Crippen LogP contribution in [0.1, 0.15) is 37.8 Å². The zero-order valence-corrected chi connectivity index (χ0v) is 12.8.